The topological polar surface area (TPSA) is 133 Å². The number of aryl methyl sites for hydroxylation is 3. The van der Waals surface area contributed by atoms with Crippen LogP contribution in [0.25, 0.3) is 11.3 Å². The maximum absolute atomic E-state index is 12.9. The van der Waals surface area contributed by atoms with Crippen LogP contribution < -0.4 is 19.5 Å². The van der Waals surface area contributed by atoms with E-state index >= 15 is 0 Å². The van der Waals surface area contributed by atoms with Gasteiger partial charge in [-0.05, 0) is 38.1 Å². The summed E-state index contributed by atoms with van der Waals surface area (Å²) in [6.07, 6.45) is 4.15. The Kier molecular flexibility index (Phi) is 7.46. The van der Waals surface area contributed by atoms with Gasteiger partial charge in [0.25, 0.3) is 10.0 Å². The van der Waals surface area contributed by atoms with E-state index in [0.717, 1.165) is 16.7 Å². The molecule has 0 unspecified atom stereocenters. The van der Waals surface area contributed by atoms with Gasteiger partial charge in [-0.3, -0.25) is 4.68 Å². The third-order valence-electron chi connectivity index (χ3n) is 5.19. The fourth-order valence-corrected chi connectivity index (χ4v) is 4.40. The summed E-state index contributed by atoms with van der Waals surface area (Å²) >= 11 is 0. The predicted octanol–water partition coefficient (Wildman–Crippen LogP) is 3.08. The van der Waals surface area contributed by atoms with Crippen molar-refractivity contribution in [2.75, 3.05) is 24.9 Å². The van der Waals surface area contributed by atoms with Crippen molar-refractivity contribution in [1.29, 1.82) is 0 Å². The highest BCUT2D eigenvalue weighted by Crippen LogP contribution is 2.31. The van der Waals surface area contributed by atoms with E-state index in [-0.39, 0.29) is 16.7 Å². The Morgan fingerprint density at radius 1 is 1.03 bits per heavy atom. The molecule has 12 heteroatoms. The zero-order valence-electron chi connectivity index (χ0n) is 20.4. The molecular formula is C24H27N7O4S. The van der Waals surface area contributed by atoms with E-state index in [9.17, 15) is 8.42 Å². The van der Waals surface area contributed by atoms with Crippen molar-refractivity contribution in [2.45, 2.75) is 18.7 Å². The van der Waals surface area contributed by atoms with Crippen LogP contribution in [0.2, 0.25) is 0 Å². The van der Waals surface area contributed by atoms with E-state index < -0.39 is 10.0 Å². The summed E-state index contributed by atoms with van der Waals surface area (Å²) < 4.78 is 41.1. The van der Waals surface area contributed by atoms with Gasteiger partial charge >= 0.3 is 0 Å². The number of hydrogen-bond donors (Lipinski definition) is 2. The molecule has 0 aliphatic rings. The van der Waals surface area contributed by atoms with Crippen LogP contribution in [0.3, 0.4) is 0 Å². The van der Waals surface area contributed by atoms with Crippen LogP contribution in [0.15, 0.2) is 59.9 Å². The maximum atomic E-state index is 12.9. The van der Waals surface area contributed by atoms with Gasteiger partial charge in [-0.25, -0.2) is 23.1 Å². The Labute approximate surface area is 209 Å². The number of rotatable bonds is 10. The number of likely N-dealkylation sites (N-methyl/N-ethyl adjacent to an activating group) is 1. The first-order valence-electron chi connectivity index (χ1n) is 11.1. The Hall–Kier alpha value is -4.03. The summed E-state index contributed by atoms with van der Waals surface area (Å²) in [5, 5.41) is 6.92. The average molecular weight is 510 g/mol. The van der Waals surface area contributed by atoms with Gasteiger partial charge in [0.15, 0.2) is 0 Å². The molecule has 0 aliphatic heterocycles. The minimum atomic E-state index is -3.97. The molecule has 11 nitrogen and oxygen atoms in total. The molecule has 3 heterocycles. The van der Waals surface area contributed by atoms with Crippen molar-refractivity contribution < 1.29 is 17.9 Å². The van der Waals surface area contributed by atoms with Crippen LogP contribution in [0, 0.1) is 13.8 Å². The molecule has 0 spiro atoms. The highest BCUT2D eigenvalue weighted by molar-refractivity contribution is 7.92. The van der Waals surface area contributed by atoms with E-state index in [2.05, 4.69) is 30.1 Å². The molecule has 0 atom stereocenters. The summed E-state index contributed by atoms with van der Waals surface area (Å²) in [5.41, 5.74) is 3.33. The molecule has 4 rings (SSSR count). The predicted molar refractivity (Wildman–Crippen MR) is 135 cm³/mol. The normalized spacial score (nSPS) is 11.3. The Morgan fingerprint density at radius 3 is 2.44 bits per heavy atom. The first-order valence-corrected chi connectivity index (χ1v) is 12.6. The van der Waals surface area contributed by atoms with Crippen LogP contribution in [0.1, 0.15) is 11.1 Å². The van der Waals surface area contributed by atoms with E-state index in [4.69, 9.17) is 9.47 Å². The molecule has 0 amide bonds. The number of benzene rings is 1. The Bertz CT molecular complexity index is 1430. The van der Waals surface area contributed by atoms with E-state index in [1.807, 2.05) is 39.1 Å². The number of hydrogen-bond acceptors (Lipinski definition) is 9. The third-order valence-corrected chi connectivity index (χ3v) is 6.47. The van der Waals surface area contributed by atoms with E-state index in [0.29, 0.717) is 30.5 Å². The number of ether oxygens (including phenoxy) is 2. The lowest BCUT2D eigenvalue weighted by Crippen LogP contribution is -2.16. The minimum Gasteiger partial charge on any atom is -0.476 e. The number of anilines is 1. The largest absolute Gasteiger partial charge is 0.476 e. The smallest absolute Gasteiger partial charge is 0.267 e. The second-order valence-corrected chi connectivity index (χ2v) is 9.71. The highest BCUT2D eigenvalue weighted by Gasteiger charge is 2.20. The molecule has 0 fully saturated rings. The number of pyridine rings is 1. The first-order chi connectivity index (χ1) is 17.2. The summed E-state index contributed by atoms with van der Waals surface area (Å²) in [4.78, 5) is 13.0. The van der Waals surface area contributed by atoms with Crippen LogP contribution in [0.4, 0.5) is 5.95 Å². The van der Waals surface area contributed by atoms with Gasteiger partial charge in [0.1, 0.15) is 17.3 Å². The second kappa shape index (κ2) is 10.7. The van der Waals surface area contributed by atoms with Gasteiger partial charge in [-0.1, -0.05) is 18.2 Å². The maximum Gasteiger partial charge on any atom is 0.267 e. The molecule has 188 valence electrons. The molecule has 0 aliphatic carbocycles. The van der Waals surface area contributed by atoms with Crippen molar-refractivity contribution in [3.05, 3.63) is 66.1 Å². The quantitative estimate of drug-likeness (QED) is 0.309. The fraction of sp³-hybridized carbons (Fsp3) is 0.250. The van der Waals surface area contributed by atoms with Gasteiger partial charge in [0, 0.05) is 37.5 Å². The van der Waals surface area contributed by atoms with E-state index in [1.165, 1.54) is 23.3 Å². The molecule has 3 aromatic heterocycles. The fourth-order valence-electron chi connectivity index (χ4n) is 3.48. The van der Waals surface area contributed by atoms with Crippen molar-refractivity contribution in [3.63, 3.8) is 0 Å². The molecule has 1 aromatic carbocycles. The SMILES string of the molecule is CNCCOc1ccc(Oc2cc(-c3c(C)cccc3C)nc(NS(=O)(=O)c3cnn(C)c3)n2)cn1. The van der Waals surface area contributed by atoms with Gasteiger partial charge in [-0.2, -0.15) is 10.1 Å². The lowest BCUT2D eigenvalue weighted by molar-refractivity contribution is 0.305. The zero-order chi connectivity index (χ0) is 25.7. The lowest BCUT2D eigenvalue weighted by atomic mass is 10.00. The summed E-state index contributed by atoms with van der Waals surface area (Å²) in [7, 11) is -0.492. The van der Waals surface area contributed by atoms with Crippen molar-refractivity contribution in [2.24, 2.45) is 7.05 Å². The highest BCUT2D eigenvalue weighted by atomic mass is 32.2. The standard InChI is InChI=1S/C24H27N7O4S/c1-16-6-5-7-17(2)23(16)20-12-22(35-18-8-9-21(26-13-18)34-11-10-25-3)29-24(28-20)30-36(32,33)19-14-27-31(4)15-19/h5-9,12-15,25H,10-11H2,1-4H3,(H,28,29,30). The number of nitrogens with zero attached hydrogens (tertiary/aromatic N) is 5. The number of aromatic nitrogens is 5. The molecule has 0 bridgehead atoms. The molecule has 2 N–H and O–H groups in total. The van der Waals surface area contributed by atoms with Crippen LogP contribution in [-0.2, 0) is 17.1 Å². The number of sulfonamides is 1. The van der Waals surface area contributed by atoms with Crippen molar-refractivity contribution >= 4 is 16.0 Å². The first kappa shape index (κ1) is 25.1. The zero-order valence-corrected chi connectivity index (χ0v) is 21.2. The molecular weight excluding hydrogens is 482 g/mol. The summed E-state index contributed by atoms with van der Waals surface area (Å²) in [5.74, 6) is 0.885. The van der Waals surface area contributed by atoms with Gasteiger partial charge in [0.2, 0.25) is 17.7 Å². The van der Waals surface area contributed by atoms with Gasteiger partial charge in [0.05, 0.1) is 18.1 Å². The molecule has 36 heavy (non-hydrogen) atoms. The summed E-state index contributed by atoms with van der Waals surface area (Å²) in [6, 6.07) is 10.9. The lowest BCUT2D eigenvalue weighted by Gasteiger charge is -2.13. The third kappa shape index (κ3) is 5.96. The van der Waals surface area contributed by atoms with Crippen LogP contribution in [-0.4, -0.2) is 53.3 Å². The van der Waals surface area contributed by atoms with Crippen LogP contribution in [0.5, 0.6) is 17.5 Å². The van der Waals surface area contributed by atoms with Crippen molar-refractivity contribution in [3.8, 4) is 28.8 Å². The molecule has 0 radical (unpaired) electrons. The average Bonchev–Trinajstić information content (AvgIpc) is 3.27. The Morgan fingerprint density at radius 2 is 1.81 bits per heavy atom. The van der Waals surface area contributed by atoms with Gasteiger partial charge in [-0.15, -0.1) is 0 Å². The summed E-state index contributed by atoms with van der Waals surface area (Å²) in [6.45, 7) is 5.09. The second-order valence-electron chi connectivity index (χ2n) is 8.02. The number of nitrogens with one attached hydrogen (secondary N) is 2. The van der Waals surface area contributed by atoms with Crippen LogP contribution >= 0.6 is 0 Å². The molecule has 4 aromatic rings. The Balaban J connectivity index is 1.68. The molecule has 0 saturated carbocycles. The monoisotopic (exact) mass is 509 g/mol. The van der Waals surface area contributed by atoms with E-state index in [1.54, 1.807) is 25.2 Å². The minimum absolute atomic E-state index is 0.00777. The van der Waals surface area contributed by atoms with Crippen molar-refractivity contribution in [1.82, 2.24) is 30.0 Å². The van der Waals surface area contributed by atoms with Gasteiger partial charge < -0.3 is 14.8 Å². The molecule has 0 saturated heterocycles.